The van der Waals surface area contributed by atoms with E-state index in [4.69, 9.17) is 4.74 Å². The molecule has 0 saturated heterocycles. The van der Waals surface area contributed by atoms with Crippen LogP contribution in [0, 0.1) is 5.82 Å². The number of nitrogens with zero attached hydrogens (tertiary/aromatic N) is 1. The molecular weight excluding hydrogens is 345 g/mol. The first-order chi connectivity index (χ1) is 13.1. The monoisotopic (exact) mass is 371 g/mol. The zero-order valence-electron chi connectivity index (χ0n) is 15.8. The molecule has 3 N–H and O–H groups in total. The molecule has 0 unspecified atom stereocenters. The topological polar surface area (TPSA) is 65.9 Å². The Kier molecular flexibility index (Phi) is 5.84. The summed E-state index contributed by atoms with van der Waals surface area (Å²) in [5.41, 5.74) is 1.28. The van der Waals surface area contributed by atoms with Crippen LogP contribution < -0.4 is 15.4 Å². The van der Waals surface area contributed by atoms with Gasteiger partial charge in [-0.2, -0.15) is 0 Å². The first-order valence-corrected chi connectivity index (χ1v) is 9.21. The number of rotatable bonds is 7. The Labute approximate surface area is 159 Å². The zero-order chi connectivity index (χ0) is 19.3. The molecule has 0 atom stereocenters. The molecule has 1 fully saturated rings. The van der Waals surface area contributed by atoms with Crippen LogP contribution in [0.4, 0.5) is 4.39 Å². The van der Waals surface area contributed by atoms with Crippen molar-refractivity contribution >= 4 is 5.96 Å². The molecule has 3 rings (SSSR count). The molecule has 144 valence electrons. The van der Waals surface area contributed by atoms with Crippen molar-refractivity contribution in [1.29, 1.82) is 0 Å². The number of guanidine groups is 1. The van der Waals surface area contributed by atoms with Gasteiger partial charge in [0.1, 0.15) is 17.3 Å². The van der Waals surface area contributed by atoms with Crippen LogP contribution in [0.25, 0.3) is 0 Å². The third-order valence-corrected chi connectivity index (χ3v) is 4.93. The van der Waals surface area contributed by atoms with Crippen molar-refractivity contribution in [3.05, 3.63) is 59.4 Å². The maximum atomic E-state index is 14.2. The van der Waals surface area contributed by atoms with Gasteiger partial charge in [0.2, 0.25) is 0 Å². The van der Waals surface area contributed by atoms with Crippen LogP contribution in [0.15, 0.2) is 47.5 Å². The van der Waals surface area contributed by atoms with E-state index in [1.54, 1.807) is 31.4 Å². The summed E-state index contributed by atoms with van der Waals surface area (Å²) in [5.74, 6) is 1.34. The van der Waals surface area contributed by atoms with Crippen molar-refractivity contribution in [3.8, 4) is 11.5 Å². The van der Waals surface area contributed by atoms with E-state index in [9.17, 15) is 9.50 Å². The number of ether oxygens (including phenoxy) is 1. The number of hydrogen-bond acceptors (Lipinski definition) is 3. The summed E-state index contributed by atoms with van der Waals surface area (Å²) in [7, 11) is 1.59. The van der Waals surface area contributed by atoms with Gasteiger partial charge in [-0.15, -0.1) is 0 Å². The molecule has 6 heteroatoms. The predicted octanol–water partition coefficient (Wildman–Crippen LogP) is 3.33. The van der Waals surface area contributed by atoms with E-state index in [0.717, 1.165) is 18.4 Å². The van der Waals surface area contributed by atoms with Crippen LogP contribution in [0.1, 0.15) is 30.9 Å². The molecule has 0 aromatic heterocycles. The van der Waals surface area contributed by atoms with Crippen LogP contribution in [-0.4, -0.2) is 31.3 Å². The summed E-state index contributed by atoms with van der Waals surface area (Å²) < 4.78 is 19.4. The van der Waals surface area contributed by atoms with Crippen molar-refractivity contribution in [2.24, 2.45) is 4.99 Å². The Balaban J connectivity index is 1.69. The number of phenols is 1. The molecule has 2 aromatic rings. The number of aromatic hydroxyl groups is 1. The molecule has 2 aromatic carbocycles. The van der Waals surface area contributed by atoms with E-state index in [0.29, 0.717) is 36.9 Å². The van der Waals surface area contributed by atoms with Crippen LogP contribution in [0.2, 0.25) is 0 Å². The van der Waals surface area contributed by atoms with Gasteiger partial charge in [-0.3, -0.25) is 0 Å². The Morgan fingerprint density at radius 1 is 1.22 bits per heavy atom. The average molecular weight is 371 g/mol. The van der Waals surface area contributed by atoms with E-state index >= 15 is 0 Å². The van der Waals surface area contributed by atoms with Crippen molar-refractivity contribution < 1.29 is 14.2 Å². The number of benzene rings is 2. The fourth-order valence-electron chi connectivity index (χ4n) is 3.16. The van der Waals surface area contributed by atoms with E-state index in [2.05, 4.69) is 15.6 Å². The van der Waals surface area contributed by atoms with Gasteiger partial charge in [0.05, 0.1) is 13.7 Å². The summed E-state index contributed by atoms with van der Waals surface area (Å²) in [6.07, 6.45) is 1.91. The lowest BCUT2D eigenvalue weighted by atomic mass is 9.95. The smallest absolute Gasteiger partial charge is 0.191 e. The largest absolute Gasteiger partial charge is 0.508 e. The van der Waals surface area contributed by atoms with Gasteiger partial charge < -0.3 is 20.5 Å². The summed E-state index contributed by atoms with van der Waals surface area (Å²) in [4.78, 5) is 4.55. The number of aliphatic imine (C=N–C) groups is 1. The molecule has 27 heavy (non-hydrogen) atoms. The molecule has 1 saturated carbocycles. The lowest BCUT2D eigenvalue weighted by Gasteiger charge is -2.19. The second-order valence-corrected chi connectivity index (χ2v) is 6.80. The maximum Gasteiger partial charge on any atom is 0.191 e. The van der Waals surface area contributed by atoms with Gasteiger partial charge in [-0.05, 0) is 49.6 Å². The lowest BCUT2D eigenvalue weighted by Crippen LogP contribution is -2.41. The highest BCUT2D eigenvalue weighted by molar-refractivity contribution is 5.80. The fourth-order valence-corrected chi connectivity index (χ4v) is 3.16. The first-order valence-electron chi connectivity index (χ1n) is 9.21. The standard InChI is InChI=1S/C21H26FN3O2/c1-3-23-20(24-13-15-12-16(27-2)8-9-19(15)26)25-14-21(10-11-21)17-6-4-5-7-18(17)22/h4-9,12,26H,3,10-11,13-14H2,1-2H3,(H2,23,24,25). The van der Waals surface area contributed by atoms with Crippen molar-refractivity contribution in [1.82, 2.24) is 10.6 Å². The second-order valence-electron chi connectivity index (χ2n) is 6.80. The van der Waals surface area contributed by atoms with E-state index in [1.165, 1.54) is 6.07 Å². The van der Waals surface area contributed by atoms with Crippen molar-refractivity contribution in [2.45, 2.75) is 31.7 Å². The summed E-state index contributed by atoms with van der Waals surface area (Å²) in [5, 5.41) is 16.5. The molecule has 0 radical (unpaired) electrons. The minimum atomic E-state index is -0.167. The zero-order valence-corrected chi connectivity index (χ0v) is 15.8. The van der Waals surface area contributed by atoms with Crippen LogP contribution in [0.3, 0.4) is 0 Å². The highest BCUT2D eigenvalue weighted by Gasteiger charge is 2.45. The Bertz CT molecular complexity index is 819. The van der Waals surface area contributed by atoms with Gasteiger partial charge in [0.25, 0.3) is 0 Å². The SMILES string of the molecule is CCNC(=NCc1cc(OC)ccc1O)NCC1(c2ccccc2F)CC1. The molecule has 1 aliphatic rings. The lowest BCUT2D eigenvalue weighted by molar-refractivity contribution is 0.411. The number of halogens is 1. The molecular formula is C21H26FN3O2. The third-order valence-electron chi connectivity index (χ3n) is 4.93. The Hall–Kier alpha value is -2.76. The Morgan fingerprint density at radius 2 is 2.00 bits per heavy atom. The quantitative estimate of drug-likeness (QED) is 0.516. The fraction of sp³-hybridized carbons (Fsp3) is 0.381. The highest BCUT2D eigenvalue weighted by Crippen LogP contribution is 2.48. The highest BCUT2D eigenvalue weighted by atomic mass is 19.1. The van der Waals surface area contributed by atoms with Gasteiger partial charge in [0.15, 0.2) is 5.96 Å². The number of methoxy groups -OCH3 is 1. The molecule has 0 bridgehead atoms. The molecule has 1 aliphatic carbocycles. The van der Waals surface area contributed by atoms with Crippen molar-refractivity contribution in [2.75, 3.05) is 20.2 Å². The summed E-state index contributed by atoms with van der Waals surface area (Å²) in [6.45, 7) is 3.63. The van der Waals surface area contributed by atoms with E-state index < -0.39 is 0 Å². The number of hydrogen-bond donors (Lipinski definition) is 3. The Morgan fingerprint density at radius 3 is 2.67 bits per heavy atom. The van der Waals surface area contributed by atoms with Crippen LogP contribution >= 0.6 is 0 Å². The first kappa shape index (κ1) is 19.0. The molecule has 0 spiro atoms. The molecule has 5 nitrogen and oxygen atoms in total. The summed E-state index contributed by atoms with van der Waals surface area (Å²) >= 11 is 0. The van der Waals surface area contributed by atoms with E-state index in [1.807, 2.05) is 19.1 Å². The van der Waals surface area contributed by atoms with Gasteiger partial charge >= 0.3 is 0 Å². The second kappa shape index (κ2) is 8.29. The third kappa shape index (κ3) is 4.51. The number of phenolic OH excluding ortho intramolecular Hbond substituents is 1. The average Bonchev–Trinajstić information content (AvgIpc) is 3.46. The normalized spacial score (nSPS) is 15.3. The molecule has 0 heterocycles. The number of nitrogens with one attached hydrogen (secondary N) is 2. The predicted molar refractivity (Wildman–Crippen MR) is 105 cm³/mol. The molecule has 0 aliphatic heterocycles. The van der Waals surface area contributed by atoms with Gasteiger partial charge in [-0.1, -0.05) is 18.2 Å². The van der Waals surface area contributed by atoms with Gasteiger partial charge in [-0.25, -0.2) is 9.38 Å². The van der Waals surface area contributed by atoms with Crippen molar-refractivity contribution in [3.63, 3.8) is 0 Å². The maximum absolute atomic E-state index is 14.2. The molecule has 0 amide bonds. The summed E-state index contributed by atoms with van der Waals surface area (Å²) in [6, 6.07) is 12.0. The van der Waals surface area contributed by atoms with Gasteiger partial charge in [0, 0.05) is 24.1 Å². The minimum absolute atomic E-state index is 0.153. The van der Waals surface area contributed by atoms with Crippen LogP contribution in [0.5, 0.6) is 11.5 Å². The van der Waals surface area contributed by atoms with E-state index in [-0.39, 0.29) is 17.0 Å². The van der Waals surface area contributed by atoms with Crippen LogP contribution in [-0.2, 0) is 12.0 Å². The minimum Gasteiger partial charge on any atom is -0.508 e.